The van der Waals surface area contributed by atoms with E-state index in [2.05, 4.69) is 29.6 Å². The lowest BCUT2D eigenvalue weighted by Gasteiger charge is -2.39. The van der Waals surface area contributed by atoms with E-state index >= 15 is 0 Å². The molecule has 2 aliphatic carbocycles. The molecular weight excluding hydrogens is 262 g/mol. The standard InChI is InChI=1S/C18H27NO2/c1-21-17-6-4-14(5-7-17)15-10-16(11-15)19-12-18(13-20)8-2-3-9-18/h4-7,15-16,19-20H,2-3,8-13H2,1H3. The van der Waals surface area contributed by atoms with E-state index < -0.39 is 0 Å². The Hall–Kier alpha value is -1.06. The van der Waals surface area contributed by atoms with Crippen LogP contribution in [0.3, 0.4) is 0 Å². The van der Waals surface area contributed by atoms with Crippen molar-refractivity contribution in [3.63, 3.8) is 0 Å². The lowest BCUT2D eigenvalue weighted by molar-refractivity contribution is 0.117. The summed E-state index contributed by atoms with van der Waals surface area (Å²) in [5, 5.41) is 13.3. The minimum Gasteiger partial charge on any atom is -0.497 e. The SMILES string of the molecule is COc1ccc(C2CC(NCC3(CO)CCCC3)C2)cc1. The summed E-state index contributed by atoms with van der Waals surface area (Å²) in [7, 11) is 1.71. The number of nitrogens with one attached hydrogen (secondary N) is 1. The van der Waals surface area contributed by atoms with Crippen molar-refractivity contribution in [2.45, 2.75) is 50.5 Å². The smallest absolute Gasteiger partial charge is 0.118 e. The molecule has 0 unspecified atom stereocenters. The average Bonchev–Trinajstić information content (AvgIpc) is 2.96. The highest BCUT2D eigenvalue weighted by atomic mass is 16.5. The summed E-state index contributed by atoms with van der Waals surface area (Å²) in [6.07, 6.45) is 7.36. The molecule has 0 atom stereocenters. The Labute approximate surface area is 127 Å². The van der Waals surface area contributed by atoms with E-state index in [0.29, 0.717) is 18.6 Å². The van der Waals surface area contributed by atoms with Crippen LogP contribution in [0.4, 0.5) is 0 Å². The Kier molecular flexibility index (Phi) is 4.51. The molecule has 0 heterocycles. The normalized spacial score (nSPS) is 27.3. The summed E-state index contributed by atoms with van der Waals surface area (Å²) in [4.78, 5) is 0. The number of methoxy groups -OCH3 is 1. The summed E-state index contributed by atoms with van der Waals surface area (Å²) in [6.45, 7) is 1.33. The summed E-state index contributed by atoms with van der Waals surface area (Å²) in [6, 6.07) is 9.10. The van der Waals surface area contributed by atoms with Gasteiger partial charge in [-0.1, -0.05) is 25.0 Å². The van der Waals surface area contributed by atoms with Gasteiger partial charge in [0.2, 0.25) is 0 Å². The number of hydrogen-bond donors (Lipinski definition) is 2. The summed E-state index contributed by atoms with van der Waals surface area (Å²) >= 11 is 0. The van der Waals surface area contributed by atoms with Crippen molar-refractivity contribution in [1.29, 1.82) is 0 Å². The molecule has 1 aromatic rings. The van der Waals surface area contributed by atoms with Crippen LogP contribution in [0.5, 0.6) is 5.75 Å². The topological polar surface area (TPSA) is 41.5 Å². The van der Waals surface area contributed by atoms with E-state index in [0.717, 1.165) is 12.3 Å². The third-order valence-electron chi connectivity index (χ3n) is 5.49. The monoisotopic (exact) mass is 289 g/mol. The van der Waals surface area contributed by atoms with E-state index in [9.17, 15) is 5.11 Å². The van der Waals surface area contributed by atoms with Crippen LogP contribution >= 0.6 is 0 Å². The van der Waals surface area contributed by atoms with Crippen molar-refractivity contribution in [3.05, 3.63) is 29.8 Å². The molecule has 21 heavy (non-hydrogen) atoms. The third kappa shape index (κ3) is 3.24. The second kappa shape index (κ2) is 6.37. The number of aliphatic hydroxyl groups is 1. The minimum absolute atomic E-state index is 0.172. The Morgan fingerprint density at radius 1 is 1.19 bits per heavy atom. The molecule has 116 valence electrons. The number of hydrogen-bond acceptors (Lipinski definition) is 3. The molecule has 0 saturated heterocycles. The maximum atomic E-state index is 9.65. The number of ether oxygens (including phenoxy) is 1. The summed E-state index contributed by atoms with van der Waals surface area (Å²) < 4.78 is 5.20. The highest BCUT2D eigenvalue weighted by molar-refractivity contribution is 5.30. The first-order chi connectivity index (χ1) is 10.2. The van der Waals surface area contributed by atoms with Gasteiger partial charge in [0.1, 0.15) is 5.75 Å². The molecule has 3 rings (SSSR count). The average molecular weight is 289 g/mol. The van der Waals surface area contributed by atoms with E-state index in [1.807, 2.05) is 0 Å². The first-order valence-corrected chi connectivity index (χ1v) is 8.23. The summed E-state index contributed by atoms with van der Waals surface area (Å²) in [5.74, 6) is 1.61. The van der Waals surface area contributed by atoms with Crippen LogP contribution in [0.25, 0.3) is 0 Å². The molecule has 2 fully saturated rings. The van der Waals surface area contributed by atoms with Gasteiger partial charge >= 0.3 is 0 Å². The van der Waals surface area contributed by atoms with Gasteiger partial charge in [-0.2, -0.15) is 0 Å². The van der Waals surface area contributed by atoms with Crippen LogP contribution < -0.4 is 10.1 Å². The molecular formula is C18H27NO2. The second-order valence-electron chi connectivity index (χ2n) is 6.88. The minimum atomic E-state index is 0.172. The molecule has 2 N–H and O–H groups in total. The van der Waals surface area contributed by atoms with Crippen LogP contribution in [0.2, 0.25) is 0 Å². The van der Waals surface area contributed by atoms with Gasteiger partial charge in [-0.25, -0.2) is 0 Å². The zero-order valence-electron chi connectivity index (χ0n) is 13.0. The molecule has 0 amide bonds. The molecule has 3 nitrogen and oxygen atoms in total. The third-order valence-corrected chi connectivity index (χ3v) is 5.49. The van der Waals surface area contributed by atoms with E-state index in [1.165, 1.54) is 44.1 Å². The predicted octanol–water partition coefficient (Wildman–Crippen LogP) is 3.08. The molecule has 1 aromatic carbocycles. The number of rotatable bonds is 6. The van der Waals surface area contributed by atoms with Gasteiger partial charge in [0.25, 0.3) is 0 Å². The highest BCUT2D eigenvalue weighted by Crippen LogP contribution is 2.40. The van der Waals surface area contributed by atoms with Gasteiger partial charge in [-0.15, -0.1) is 0 Å². The Morgan fingerprint density at radius 3 is 2.43 bits per heavy atom. The maximum absolute atomic E-state index is 9.65. The van der Waals surface area contributed by atoms with Crippen molar-refractivity contribution in [3.8, 4) is 5.75 Å². The Balaban J connectivity index is 1.45. The zero-order chi connectivity index (χ0) is 14.7. The summed E-state index contributed by atoms with van der Waals surface area (Å²) in [5.41, 5.74) is 1.59. The second-order valence-corrected chi connectivity index (χ2v) is 6.88. The first kappa shape index (κ1) is 14.9. The molecule has 0 aliphatic heterocycles. The Bertz CT molecular complexity index is 445. The van der Waals surface area contributed by atoms with Crippen molar-refractivity contribution in [2.24, 2.45) is 5.41 Å². The molecule has 0 bridgehead atoms. The lowest BCUT2D eigenvalue weighted by atomic mass is 9.75. The molecule has 0 radical (unpaired) electrons. The van der Waals surface area contributed by atoms with Crippen molar-refractivity contribution in [1.82, 2.24) is 5.32 Å². The Morgan fingerprint density at radius 2 is 1.86 bits per heavy atom. The number of aliphatic hydroxyl groups excluding tert-OH is 1. The van der Waals surface area contributed by atoms with Crippen LogP contribution in [-0.4, -0.2) is 31.4 Å². The van der Waals surface area contributed by atoms with Crippen LogP contribution in [0, 0.1) is 5.41 Å². The molecule has 2 aliphatic rings. The fourth-order valence-electron chi connectivity index (χ4n) is 3.81. The van der Waals surface area contributed by atoms with Crippen LogP contribution in [0.1, 0.15) is 50.0 Å². The van der Waals surface area contributed by atoms with Gasteiger partial charge in [0, 0.05) is 24.6 Å². The maximum Gasteiger partial charge on any atom is 0.118 e. The zero-order valence-corrected chi connectivity index (χ0v) is 13.0. The van der Waals surface area contributed by atoms with Crippen molar-refractivity contribution in [2.75, 3.05) is 20.3 Å². The fraction of sp³-hybridized carbons (Fsp3) is 0.667. The van der Waals surface area contributed by atoms with E-state index in [-0.39, 0.29) is 5.41 Å². The predicted molar refractivity (Wildman–Crippen MR) is 84.7 cm³/mol. The molecule has 3 heteroatoms. The fourth-order valence-corrected chi connectivity index (χ4v) is 3.81. The van der Waals surface area contributed by atoms with Gasteiger partial charge in [-0.05, 0) is 49.3 Å². The van der Waals surface area contributed by atoms with Gasteiger partial charge in [0.05, 0.1) is 7.11 Å². The number of benzene rings is 1. The highest BCUT2D eigenvalue weighted by Gasteiger charge is 2.36. The van der Waals surface area contributed by atoms with Gasteiger partial charge in [-0.3, -0.25) is 0 Å². The van der Waals surface area contributed by atoms with Crippen molar-refractivity contribution >= 4 is 0 Å². The first-order valence-electron chi connectivity index (χ1n) is 8.23. The van der Waals surface area contributed by atoms with E-state index in [4.69, 9.17) is 4.74 Å². The van der Waals surface area contributed by atoms with Gasteiger partial charge in [0.15, 0.2) is 0 Å². The van der Waals surface area contributed by atoms with Crippen LogP contribution in [-0.2, 0) is 0 Å². The van der Waals surface area contributed by atoms with Crippen LogP contribution in [0.15, 0.2) is 24.3 Å². The van der Waals surface area contributed by atoms with Crippen molar-refractivity contribution < 1.29 is 9.84 Å². The molecule has 0 spiro atoms. The molecule has 2 saturated carbocycles. The van der Waals surface area contributed by atoms with Gasteiger partial charge < -0.3 is 15.2 Å². The largest absolute Gasteiger partial charge is 0.497 e. The molecule has 0 aromatic heterocycles. The quantitative estimate of drug-likeness (QED) is 0.845. The lowest BCUT2D eigenvalue weighted by Crippen LogP contribution is -2.46. The van der Waals surface area contributed by atoms with E-state index in [1.54, 1.807) is 7.11 Å².